The molecule has 0 unspecified atom stereocenters. The first-order valence-electron chi connectivity index (χ1n) is 10.1. The Morgan fingerprint density at radius 2 is 1.61 bits per heavy atom. The summed E-state index contributed by atoms with van der Waals surface area (Å²) in [7, 11) is 0. The number of thiophene rings is 1. The normalized spacial score (nSPS) is 23.1. The molecule has 2 aliphatic heterocycles. The van der Waals surface area contributed by atoms with Crippen molar-refractivity contribution in [3.8, 4) is 0 Å². The van der Waals surface area contributed by atoms with E-state index in [0.717, 1.165) is 52.1 Å². The summed E-state index contributed by atoms with van der Waals surface area (Å²) >= 11 is 1.30. The van der Waals surface area contributed by atoms with Crippen LogP contribution in [0, 0.1) is 0 Å². The zero-order chi connectivity index (χ0) is 19.9. The van der Waals surface area contributed by atoms with Crippen LogP contribution in [0.25, 0.3) is 0 Å². The van der Waals surface area contributed by atoms with Gasteiger partial charge >= 0.3 is 0 Å². The van der Waals surface area contributed by atoms with Crippen molar-refractivity contribution in [1.82, 2.24) is 4.90 Å². The molecule has 2 aliphatic rings. The van der Waals surface area contributed by atoms with Gasteiger partial charge in [0.05, 0.1) is 5.56 Å². The third kappa shape index (κ3) is 5.76. The van der Waals surface area contributed by atoms with Crippen LogP contribution in [0.3, 0.4) is 0 Å². The second-order valence-corrected chi connectivity index (χ2v) is 8.64. The Balaban J connectivity index is 1.40. The Bertz CT molecular complexity index is 691. The summed E-state index contributed by atoms with van der Waals surface area (Å²) < 4.78 is 0. The van der Waals surface area contributed by atoms with Gasteiger partial charge in [-0.25, -0.2) is 0 Å². The molecule has 0 aromatic carbocycles. The molecule has 0 spiro atoms. The second kappa shape index (κ2) is 9.99. The summed E-state index contributed by atoms with van der Waals surface area (Å²) in [5, 5.41) is 5.06. The zero-order valence-corrected chi connectivity index (χ0v) is 17.1. The molecule has 0 aliphatic carbocycles. The van der Waals surface area contributed by atoms with E-state index in [4.69, 9.17) is 5.73 Å². The molecular formula is C19H31N5O3S+2. The average Bonchev–Trinajstić information content (AvgIpc) is 2.95. The molecule has 154 valence electrons. The lowest BCUT2D eigenvalue weighted by Gasteiger charge is -2.30. The van der Waals surface area contributed by atoms with Crippen molar-refractivity contribution in [3.05, 3.63) is 17.0 Å². The van der Waals surface area contributed by atoms with E-state index in [9.17, 15) is 14.4 Å². The summed E-state index contributed by atoms with van der Waals surface area (Å²) in [5.74, 6) is -0.367. The Morgan fingerprint density at radius 1 is 1.00 bits per heavy atom. The van der Waals surface area contributed by atoms with Crippen molar-refractivity contribution in [2.24, 2.45) is 5.73 Å². The Labute approximate surface area is 169 Å². The fraction of sp³-hybridized carbons (Fsp3) is 0.632. The van der Waals surface area contributed by atoms with E-state index in [-0.39, 0.29) is 11.8 Å². The summed E-state index contributed by atoms with van der Waals surface area (Å²) in [6, 6.07) is 1.62. The van der Waals surface area contributed by atoms with E-state index >= 15 is 0 Å². The highest BCUT2D eigenvalue weighted by molar-refractivity contribution is 7.14. The number of nitrogens with zero attached hydrogens (tertiary/aromatic N) is 1. The maximum atomic E-state index is 12.5. The number of likely N-dealkylation sites (tertiary alicyclic amines) is 1. The van der Waals surface area contributed by atoms with Gasteiger partial charge in [-0.1, -0.05) is 12.8 Å². The topological polar surface area (TPSA) is 101 Å². The average molecular weight is 410 g/mol. The van der Waals surface area contributed by atoms with Gasteiger partial charge in [0.15, 0.2) is 13.1 Å². The Kier molecular flexibility index (Phi) is 7.41. The molecule has 3 amide bonds. The maximum Gasteiger partial charge on any atom is 0.280 e. The van der Waals surface area contributed by atoms with Crippen LogP contribution in [0.5, 0.6) is 0 Å². The molecule has 9 heteroatoms. The highest BCUT2D eigenvalue weighted by Crippen LogP contribution is 2.22. The van der Waals surface area contributed by atoms with E-state index in [1.165, 1.54) is 34.0 Å². The largest absolute Gasteiger partial charge is 0.366 e. The van der Waals surface area contributed by atoms with Gasteiger partial charge < -0.3 is 25.8 Å². The number of carbonyl (C=O) groups is 3. The lowest BCUT2D eigenvalue weighted by Crippen LogP contribution is -3.28. The SMILES string of the molecule is NC(=O)c1ccsc1NC(=O)C[NH+]1CC[NH+](CC(=O)N2CCCCCC2)CC1. The van der Waals surface area contributed by atoms with Crippen LogP contribution < -0.4 is 20.9 Å². The van der Waals surface area contributed by atoms with E-state index < -0.39 is 5.91 Å². The zero-order valence-electron chi connectivity index (χ0n) is 16.3. The number of quaternary nitrogens is 2. The summed E-state index contributed by atoms with van der Waals surface area (Å²) in [6.45, 7) is 6.26. The van der Waals surface area contributed by atoms with Gasteiger partial charge in [-0.05, 0) is 24.3 Å². The fourth-order valence-corrected chi connectivity index (χ4v) is 4.76. The summed E-state index contributed by atoms with van der Waals surface area (Å²) in [4.78, 5) is 40.8. The maximum absolute atomic E-state index is 12.5. The summed E-state index contributed by atoms with van der Waals surface area (Å²) in [6.07, 6.45) is 4.70. The van der Waals surface area contributed by atoms with Crippen LogP contribution in [0.4, 0.5) is 5.00 Å². The third-order valence-electron chi connectivity index (χ3n) is 5.62. The summed E-state index contributed by atoms with van der Waals surface area (Å²) in [5.41, 5.74) is 5.67. The van der Waals surface area contributed by atoms with E-state index in [0.29, 0.717) is 23.7 Å². The predicted octanol–water partition coefficient (Wildman–Crippen LogP) is -2.03. The van der Waals surface area contributed by atoms with E-state index in [1.807, 2.05) is 4.90 Å². The first-order valence-corrected chi connectivity index (χ1v) is 11.0. The van der Waals surface area contributed by atoms with Gasteiger partial charge in [0.1, 0.15) is 31.2 Å². The molecule has 3 rings (SSSR count). The van der Waals surface area contributed by atoms with Crippen molar-refractivity contribution in [1.29, 1.82) is 0 Å². The number of hydrogen-bond acceptors (Lipinski definition) is 4. The Hall–Kier alpha value is -1.97. The van der Waals surface area contributed by atoms with Crippen molar-refractivity contribution >= 4 is 34.1 Å². The molecule has 3 heterocycles. The van der Waals surface area contributed by atoms with Crippen LogP contribution in [-0.2, 0) is 9.59 Å². The number of anilines is 1. The highest BCUT2D eigenvalue weighted by Gasteiger charge is 2.28. The Morgan fingerprint density at radius 3 is 2.21 bits per heavy atom. The molecule has 2 fully saturated rings. The van der Waals surface area contributed by atoms with Crippen molar-refractivity contribution < 1.29 is 24.2 Å². The molecule has 28 heavy (non-hydrogen) atoms. The van der Waals surface area contributed by atoms with Gasteiger partial charge in [0, 0.05) is 13.1 Å². The second-order valence-electron chi connectivity index (χ2n) is 7.72. The molecule has 2 saturated heterocycles. The van der Waals surface area contributed by atoms with E-state index in [1.54, 1.807) is 11.4 Å². The predicted molar refractivity (Wildman–Crippen MR) is 108 cm³/mol. The molecule has 1 aromatic rings. The molecule has 0 saturated carbocycles. The molecule has 0 radical (unpaired) electrons. The first-order chi connectivity index (χ1) is 13.5. The van der Waals surface area contributed by atoms with Crippen LogP contribution in [0.1, 0.15) is 36.0 Å². The molecular weight excluding hydrogens is 378 g/mol. The number of piperazine rings is 1. The molecule has 1 aromatic heterocycles. The van der Waals surface area contributed by atoms with Crippen LogP contribution in [-0.4, -0.2) is 75.0 Å². The minimum atomic E-state index is -0.532. The number of nitrogens with one attached hydrogen (secondary N) is 3. The van der Waals surface area contributed by atoms with Gasteiger partial charge in [-0.2, -0.15) is 0 Å². The van der Waals surface area contributed by atoms with Crippen molar-refractivity contribution in [3.63, 3.8) is 0 Å². The fourth-order valence-electron chi connectivity index (χ4n) is 3.95. The number of carbonyl (C=O) groups excluding carboxylic acids is 3. The minimum absolute atomic E-state index is 0.107. The minimum Gasteiger partial charge on any atom is -0.366 e. The molecule has 8 nitrogen and oxygen atoms in total. The first kappa shape index (κ1) is 20.8. The van der Waals surface area contributed by atoms with Gasteiger partial charge in [-0.3, -0.25) is 14.4 Å². The standard InChI is InChI=1S/C19H29N5O3S/c20-18(27)15-5-12-28-19(15)21-16(25)13-22-8-10-23(11-9-22)14-17(26)24-6-3-1-2-4-7-24/h5,12H,1-4,6-11,13-14H2,(H2,20,27)(H,21,25)/p+2. The monoisotopic (exact) mass is 409 g/mol. The third-order valence-corrected chi connectivity index (χ3v) is 6.45. The lowest BCUT2D eigenvalue weighted by atomic mass is 10.2. The molecule has 5 N–H and O–H groups in total. The number of amides is 3. The quantitative estimate of drug-likeness (QED) is 0.436. The number of rotatable bonds is 6. The molecule has 0 bridgehead atoms. The molecule has 0 atom stereocenters. The van der Waals surface area contributed by atoms with Gasteiger partial charge in [-0.15, -0.1) is 11.3 Å². The van der Waals surface area contributed by atoms with Crippen LogP contribution in [0.2, 0.25) is 0 Å². The number of primary amides is 1. The van der Waals surface area contributed by atoms with E-state index in [2.05, 4.69) is 5.32 Å². The highest BCUT2D eigenvalue weighted by atomic mass is 32.1. The van der Waals surface area contributed by atoms with Gasteiger partial charge in [0.25, 0.3) is 17.7 Å². The smallest absolute Gasteiger partial charge is 0.280 e. The van der Waals surface area contributed by atoms with Gasteiger partial charge in [0.2, 0.25) is 0 Å². The van der Waals surface area contributed by atoms with Crippen molar-refractivity contribution in [2.75, 3.05) is 57.7 Å². The van der Waals surface area contributed by atoms with Crippen LogP contribution >= 0.6 is 11.3 Å². The lowest BCUT2D eigenvalue weighted by molar-refractivity contribution is -1.00. The number of nitrogens with two attached hydrogens (primary N) is 1. The number of hydrogen-bond donors (Lipinski definition) is 4. The van der Waals surface area contributed by atoms with Crippen LogP contribution in [0.15, 0.2) is 11.4 Å². The van der Waals surface area contributed by atoms with Crippen molar-refractivity contribution in [2.45, 2.75) is 25.7 Å².